The number of halogens is 3. The summed E-state index contributed by atoms with van der Waals surface area (Å²) in [6.45, 7) is 1.60. The van der Waals surface area contributed by atoms with Crippen LogP contribution in [0.3, 0.4) is 0 Å². The molecule has 1 aromatic carbocycles. The monoisotopic (exact) mass is 314 g/mol. The smallest absolute Gasteiger partial charge is 0.388 e. The van der Waals surface area contributed by atoms with Gasteiger partial charge in [0.15, 0.2) is 0 Å². The van der Waals surface area contributed by atoms with Gasteiger partial charge in [-0.1, -0.05) is 12.1 Å². The molecule has 2 rings (SSSR count). The van der Waals surface area contributed by atoms with Gasteiger partial charge in [-0.15, -0.1) is 11.3 Å². The number of alkyl halides is 3. The molecule has 0 fully saturated rings. The van der Waals surface area contributed by atoms with Crippen LogP contribution in [-0.2, 0) is 12.6 Å². The van der Waals surface area contributed by atoms with Crippen molar-refractivity contribution in [1.29, 1.82) is 0 Å². The van der Waals surface area contributed by atoms with Crippen LogP contribution in [0, 0.1) is 6.92 Å². The van der Waals surface area contributed by atoms with E-state index in [1.807, 2.05) is 17.5 Å². The van der Waals surface area contributed by atoms with E-state index in [1.54, 1.807) is 18.3 Å². The van der Waals surface area contributed by atoms with Crippen LogP contribution < -0.4 is 0 Å². The second-order valence-electron chi connectivity index (χ2n) is 5.06. The molecule has 1 N–H and O–H groups in total. The van der Waals surface area contributed by atoms with Crippen LogP contribution in [0.4, 0.5) is 13.2 Å². The molecule has 1 unspecified atom stereocenters. The summed E-state index contributed by atoms with van der Waals surface area (Å²) < 4.78 is 37.8. The summed E-state index contributed by atoms with van der Waals surface area (Å²) in [5.41, 5.74) is 0.386. The highest BCUT2D eigenvalue weighted by molar-refractivity contribution is 7.09. The minimum atomic E-state index is -4.34. The lowest BCUT2D eigenvalue weighted by Crippen LogP contribution is -2.07. The lowest BCUT2D eigenvalue weighted by Gasteiger charge is -2.15. The maximum Gasteiger partial charge on any atom is 0.416 e. The lowest BCUT2D eigenvalue weighted by atomic mass is 9.97. The SMILES string of the molecule is Cc1cc(C(F)(F)F)ccc1C(O)CCCc1cccs1. The van der Waals surface area contributed by atoms with E-state index in [-0.39, 0.29) is 0 Å². The minimum Gasteiger partial charge on any atom is -0.388 e. The first-order valence-corrected chi connectivity index (χ1v) is 7.64. The number of hydrogen-bond donors (Lipinski definition) is 1. The van der Waals surface area contributed by atoms with Gasteiger partial charge in [0.25, 0.3) is 0 Å². The Kier molecular flexibility index (Phi) is 5.06. The van der Waals surface area contributed by atoms with Crippen molar-refractivity contribution in [1.82, 2.24) is 0 Å². The Balaban J connectivity index is 1.97. The Morgan fingerprint density at radius 3 is 2.57 bits per heavy atom. The molecule has 0 aliphatic carbocycles. The lowest BCUT2D eigenvalue weighted by molar-refractivity contribution is -0.137. The molecule has 1 atom stereocenters. The molecule has 0 aliphatic heterocycles. The topological polar surface area (TPSA) is 20.2 Å². The zero-order valence-corrected chi connectivity index (χ0v) is 12.5. The standard InChI is InChI=1S/C16H17F3OS/c1-11-10-12(16(17,18)19)7-8-14(11)15(20)6-2-4-13-5-3-9-21-13/h3,5,7-10,15,20H,2,4,6H2,1H3. The second-order valence-corrected chi connectivity index (χ2v) is 6.09. The second kappa shape index (κ2) is 6.62. The van der Waals surface area contributed by atoms with Crippen LogP contribution in [-0.4, -0.2) is 5.11 Å². The van der Waals surface area contributed by atoms with Gasteiger partial charge >= 0.3 is 6.18 Å². The van der Waals surface area contributed by atoms with Crippen LogP contribution >= 0.6 is 11.3 Å². The van der Waals surface area contributed by atoms with Crippen molar-refractivity contribution in [2.75, 3.05) is 0 Å². The molecule has 21 heavy (non-hydrogen) atoms. The van der Waals surface area contributed by atoms with Crippen molar-refractivity contribution < 1.29 is 18.3 Å². The Bertz CT molecular complexity index is 576. The highest BCUT2D eigenvalue weighted by Gasteiger charge is 2.30. The van der Waals surface area contributed by atoms with Crippen LogP contribution in [0.5, 0.6) is 0 Å². The molecule has 114 valence electrons. The van der Waals surface area contributed by atoms with Crippen molar-refractivity contribution in [2.24, 2.45) is 0 Å². The molecule has 0 radical (unpaired) electrons. The highest BCUT2D eigenvalue weighted by atomic mass is 32.1. The van der Waals surface area contributed by atoms with E-state index in [1.165, 1.54) is 10.9 Å². The molecule has 1 aromatic heterocycles. The predicted molar refractivity (Wildman–Crippen MR) is 78.4 cm³/mol. The first kappa shape index (κ1) is 16.0. The molecule has 0 amide bonds. The molecule has 0 aliphatic rings. The summed E-state index contributed by atoms with van der Waals surface area (Å²) in [7, 11) is 0. The van der Waals surface area contributed by atoms with E-state index in [0.717, 1.165) is 25.0 Å². The summed E-state index contributed by atoms with van der Waals surface area (Å²) in [6.07, 6.45) is -2.82. The first-order valence-electron chi connectivity index (χ1n) is 6.76. The third-order valence-corrected chi connectivity index (χ3v) is 4.37. The number of aryl methyl sites for hydroxylation is 2. The van der Waals surface area contributed by atoms with Gasteiger partial charge in [0.05, 0.1) is 11.7 Å². The maximum atomic E-state index is 12.6. The van der Waals surface area contributed by atoms with Gasteiger partial charge in [0.2, 0.25) is 0 Å². The third-order valence-electron chi connectivity index (χ3n) is 3.44. The molecule has 2 aromatic rings. The third kappa shape index (κ3) is 4.32. The summed E-state index contributed by atoms with van der Waals surface area (Å²) >= 11 is 1.67. The number of rotatable bonds is 5. The molecule has 1 heterocycles. The summed E-state index contributed by atoms with van der Waals surface area (Å²) in [6, 6.07) is 7.54. The first-order chi connectivity index (χ1) is 9.88. The summed E-state index contributed by atoms with van der Waals surface area (Å²) in [5.74, 6) is 0. The van der Waals surface area contributed by atoms with Gasteiger partial charge in [-0.2, -0.15) is 13.2 Å². The van der Waals surface area contributed by atoms with E-state index in [9.17, 15) is 18.3 Å². The Morgan fingerprint density at radius 2 is 2.00 bits per heavy atom. The number of hydrogen-bond acceptors (Lipinski definition) is 2. The average Bonchev–Trinajstić information content (AvgIpc) is 2.90. The van der Waals surface area contributed by atoms with Gasteiger partial charge in [-0.3, -0.25) is 0 Å². The fourth-order valence-electron chi connectivity index (χ4n) is 2.31. The largest absolute Gasteiger partial charge is 0.416 e. The van der Waals surface area contributed by atoms with Crippen LogP contribution in [0.1, 0.15) is 40.5 Å². The van der Waals surface area contributed by atoms with Crippen LogP contribution in [0.2, 0.25) is 0 Å². The van der Waals surface area contributed by atoms with Crippen molar-refractivity contribution in [2.45, 2.75) is 38.5 Å². The fourth-order valence-corrected chi connectivity index (χ4v) is 3.06. The van der Waals surface area contributed by atoms with Crippen molar-refractivity contribution in [3.8, 4) is 0 Å². The van der Waals surface area contributed by atoms with Gasteiger partial charge in [-0.05, 0) is 60.9 Å². The quantitative estimate of drug-likeness (QED) is 0.811. The zero-order valence-electron chi connectivity index (χ0n) is 11.7. The van der Waals surface area contributed by atoms with Crippen molar-refractivity contribution >= 4 is 11.3 Å². The molecule has 0 saturated heterocycles. The van der Waals surface area contributed by atoms with E-state index >= 15 is 0 Å². The Morgan fingerprint density at radius 1 is 1.24 bits per heavy atom. The maximum absolute atomic E-state index is 12.6. The van der Waals surface area contributed by atoms with Crippen LogP contribution in [0.25, 0.3) is 0 Å². The van der Waals surface area contributed by atoms with Gasteiger partial charge in [0, 0.05) is 4.88 Å². The molecule has 0 bridgehead atoms. The van der Waals surface area contributed by atoms with E-state index in [2.05, 4.69) is 0 Å². The molecule has 0 spiro atoms. The molecular formula is C16H17F3OS. The molecular weight excluding hydrogens is 297 g/mol. The summed E-state index contributed by atoms with van der Waals surface area (Å²) in [5, 5.41) is 12.2. The van der Waals surface area contributed by atoms with E-state index < -0.39 is 17.8 Å². The Hall–Kier alpha value is -1.33. The van der Waals surface area contributed by atoms with Crippen molar-refractivity contribution in [3.63, 3.8) is 0 Å². The minimum absolute atomic E-state index is 0.480. The Labute approximate surface area is 126 Å². The molecule has 1 nitrogen and oxygen atoms in total. The number of benzene rings is 1. The van der Waals surface area contributed by atoms with E-state index in [0.29, 0.717) is 17.5 Å². The molecule has 5 heteroatoms. The van der Waals surface area contributed by atoms with E-state index in [4.69, 9.17) is 0 Å². The van der Waals surface area contributed by atoms with Gasteiger partial charge < -0.3 is 5.11 Å². The average molecular weight is 314 g/mol. The van der Waals surface area contributed by atoms with Gasteiger partial charge in [-0.25, -0.2) is 0 Å². The fraction of sp³-hybridized carbons (Fsp3) is 0.375. The normalized spacial score (nSPS) is 13.4. The summed E-state index contributed by atoms with van der Waals surface area (Å²) in [4.78, 5) is 1.26. The highest BCUT2D eigenvalue weighted by Crippen LogP contribution is 2.32. The van der Waals surface area contributed by atoms with Crippen LogP contribution in [0.15, 0.2) is 35.7 Å². The number of aliphatic hydroxyl groups is 1. The zero-order chi connectivity index (χ0) is 15.5. The predicted octanol–water partition coefficient (Wildman–Crippen LogP) is 5.13. The number of thiophene rings is 1. The van der Waals surface area contributed by atoms with Gasteiger partial charge in [0.1, 0.15) is 0 Å². The van der Waals surface area contributed by atoms with Crippen molar-refractivity contribution in [3.05, 3.63) is 57.3 Å². The molecule has 0 saturated carbocycles. The number of aliphatic hydroxyl groups excluding tert-OH is 1.